The molecule has 0 radical (unpaired) electrons. The number of carboxylic acid groups (broad SMARTS) is 1. The molecule has 0 fully saturated rings. The molecule has 7 heteroatoms. The summed E-state index contributed by atoms with van der Waals surface area (Å²) in [5.74, 6) is -1.37. The Morgan fingerprint density at radius 2 is 1.89 bits per heavy atom. The largest absolute Gasteiger partial charge is 0.480 e. The summed E-state index contributed by atoms with van der Waals surface area (Å²) in [6.07, 6.45) is 0. The van der Waals surface area contributed by atoms with E-state index in [4.69, 9.17) is 5.11 Å². The highest BCUT2D eigenvalue weighted by Crippen LogP contribution is 2.23. The standard InChI is InChI=1S/C11H14BrNO4S/c1-7(9-5-3-4-6-10(9)12)13-18(16,17)8(2)11(14)15/h3-8,13H,1-2H3,(H,14,15). The summed E-state index contributed by atoms with van der Waals surface area (Å²) in [5, 5.41) is 7.24. The van der Waals surface area contributed by atoms with Crippen molar-refractivity contribution in [1.82, 2.24) is 4.72 Å². The van der Waals surface area contributed by atoms with Crippen molar-refractivity contribution in [1.29, 1.82) is 0 Å². The van der Waals surface area contributed by atoms with Crippen LogP contribution in [-0.4, -0.2) is 24.7 Å². The first kappa shape index (κ1) is 15.1. The molecule has 0 aliphatic rings. The van der Waals surface area contributed by atoms with E-state index in [9.17, 15) is 13.2 Å². The molecule has 1 rings (SSSR count). The maximum atomic E-state index is 11.8. The molecule has 0 aliphatic carbocycles. The zero-order valence-electron chi connectivity index (χ0n) is 9.92. The minimum absolute atomic E-state index is 0.507. The van der Waals surface area contributed by atoms with Gasteiger partial charge in [0.15, 0.2) is 5.25 Å². The van der Waals surface area contributed by atoms with Gasteiger partial charge >= 0.3 is 5.97 Å². The van der Waals surface area contributed by atoms with Crippen LogP contribution in [0.4, 0.5) is 0 Å². The number of hydrogen-bond donors (Lipinski definition) is 2. The molecule has 100 valence electrons. The van der Waals surface area contributed by atoms with Gasteiger partial charge in [-0.3, -0.25) is 4.79 Å². The molecule has 1 aromatic rings. The number of aliphatic carboxylic acids is 1. The Kier molecular flexibility index (Phi) is 4.89. The second-order valence-corrected chi connectivity index (χ2v) is 6.77. The van der Waals surface area contributed by atoms with Crippen molar-refractivity contribution in [3.8, 4) is 0 Å². The van der Waals surface area contributed by atoms with E-state index in [2.05, 4.69) is 20.7 Å². The molecule has 2 N–H and O–H groups in total. The van der Waals surface area contributed by atoms with E-state index in [1.807, 2.05) is 6.07 Å². The van der Waals surface area contributed by atoms with Crippen molar-refractivity contribution < 1.29 is 18.3 Å². The summed E-state index contributed by atoms with van der Waals surface area (Å²) in [7, 11) is -3.89. The second-order valence-electron chi connectivity index (χ2n) is 3.89. The van der Waals surface area contributed by atoms with Crippen molar-refractivity contribution >= 4 is 31.9 Å². The van der Waals surface area contributed by atoms with Gasteiger partial charge in [-0.05, 0) is 25.5 Å². The van der Waals surface area contributed by atoms with E-state index in [-0.39, 0.29) is 0 Å². The third kappa shape index (κ3) is 3.54. The first-order valence-corrected chi connectivity index (χ1v) is 7.58. The zero-order valence-corrected chi connectivity index (χ0v) is 12.3. The highest BCUT2D eigenvalue weighted by atomic mass is 79.9. The monoisotopic (exact) mass is 335 g/mol. The van der Waals surface area contributed by atoms with E-state index < -0.39 is 27.3 Å². The summed E-state index contributed by atoms with van der Waals surface area (Å²) >= 11 is 3.32. The minimum Gasteiger partial charge on any atom is -0.480 e. The van der Waals surface area contributed by atoms with Crippen LogP contribution in [-0.2, 0) is 14.8 Å². The normalized spacial score (nSPS) is 15.1. The van der Waals surface area contributed by atoms with Crippen LogP contribution in [0.3, 0.4) is 0 Å². The molecule has 2 atom stereocenters. The summed E-state index contributed by atoms with van der Waals surface area (Å²) in [4.78, 5) is 10.7. The zero-order chi connectivity index (χ0) is 13.9. The third-order valence-electron chi connectivity index (χ3n) is 2.53. The Labute approximate surface area is 114 Å². The fourth-order valence-electron chi connectivity index (χ4n) is 1.37. The van der Waals surface area contributed by atoms with Crippen molar-refractivity contribution in [2.75, 3.05) is 0 Å². The van der Waals surface area contributed by atoms with Gasteiger partial charge < -0.3 is 5.11 Å². The molecule has 0 spiro atoms. The van der Waals surface area contributed by atoms with Crippen LogP contribution in [0.5, 0.6) is 0 Å². The lowest BCUT2D eigenvalue weighted by atomic mass is 10.1. The smallest absolute Gasteiger partial charge is 0.323 e. The van der Waals surface area contributed by atoms with Gasteiger partial charge in [0, 0.05) is 10.5 Å². The molecular formula is C11H14BrNO4S. The first-order chi connectivity index (χ1) is 8.25. The van der Waals surface area contributed by atoms with Crippen molar-refractivity contribution in [3.05, 3.63) is 34.3 Å². The van der Waals surface area contributed by atoms with Crippen LogP contribution in [0, 0.1) is 0 Å². The van der Waals surface area contributed by atoms with E-state index in [1.165, 1.54) is 0 Å². The highest BCUT2D eigenvalue weighted by molar-refractivity contribution is 9.10. The third-order valence-corrected chi connectivity index (χ3v) is 5.06. The molecule has 0 bridgehead atoms. The topological polar surface area (TPSA) is 83.5 Å². The van der Waals surface area contributed by atoms with Gasteiger partial charge in [-0.15, -0.1) is 0 Å². The minimum atomic E-state index is -3.89. The Morgan fingerprint density at radius 3 is 2.39 bits per heavy atom. The van der Waals surface area contributed by atoms with E-state index in [1.54, 1.807) is 25.1 Å². The maximum Gasteiger partial charge on any atom is 0.323 e. The fraction of sp³-hybridized carbons (Fsp3) is 0.364. The first-order valence-electron chi connectivity index (χ1n) is 5.24. The number of sulfonamides is 1. The fourth-order valence-corrected chi connectivity index (χ4v) is 3.09. The molecule has 0 heterocycles. The highest BCUT2D eigenvalue weighted by Gasteiger charge is 2.29. The summed E-state index contributed by atoms with van der Waals surface area (Å²) in [5.41, 5.74) is 0.749. The van der Waals surface area contributed by atoms with Gasteiger partial charge in [0.2, 0.25) is 10.0 Å². The van der Waals surface area contributed by atoms with Gasteiger partial charge in [-0.1, -0.05) is 34.1 Å². The lowest BCUT2D eigenvalue weighted by Crippen LogP contribution is -2.38. The summed E-state index contributed by atoms with van der Waals surface area (Å²) in [6.45, 7) is 2.80. The van der Waals surface area contributed by atoms with Gasteiger partial charge in [0.1, 0.15) is 0 Å². The van der Waals surface area contributed by atoms with Crippen LogP contribution in [0.25, 0.3) is 0 Å². The van der Waals surface area contributed by atoms with Crippen LogP contribution in [0.2, 0.25) is 0 Å². The molecular weight excluding hydrogens is 322 g/mol. The van der Waals surface area contributed by atoms with Gasteiger partial charge in [-0.25, -0.2) is 13.1 Å². The Morgan fingerprint density at radius 1 is 1.33 bits per heavy atom. The Balaban J connectivity index is 2.92. The number of carboxylic acids is 1. The number of benzene rings is 1. The molecule has 2 unspecified atom stereocenters. The molecule has 0 aromatic heterocycles. The van der Waals surface area contributed by atoms with Gasteiger partial charge in [0.25, 0.3) is 0 Å². The quantitative estimate of drug-likeness (QED) is 0.860. The number of rotatable bonds is 5. The van der Waals surface area contributed by atoms with Crippen molar-refractivity contribution in [2.24, 2.45) is 0 Å². The molecule has 0 saturated heterocycles. The second kappa shape index (κ2) is 5.81. The molecule has 0 amide bonds. The number of nitrogens with one attached hydrogen (secondary N) is 1. The molecule has 5 nitrogen and oxygen atoms in total. The Hall–Kier alpha value is -0.920. The molecule has 1 aromatic carbocycles. The van der Waals surface area contributed by atoms with Crippen LogP contribution in [0.1, 0.15) is 25.5 Å². The van der Waals surface area contributed by atoms with Gasteiger partial charge in [-0.2, -0.15) is 0 Å². The van der Waals surface area contributed by atoms with Crippen LogP contribution >= 0.6 is 15.9 Å². The maximum absolute atomic E-state index is 11.8. The lowest BCUT2D eigenvalue weighted by molar-refractivity contribution is -0.136. The van der Waals surface area contributed by atoms with Crippen molar-refractivity contribution in [3.63, 3.8) is 0 Å². The Bertz CT molecular complexity index is 544. The number of carbonyl (C=O) groups is 1. The predicted octanol–water partition coefficient (Wildman–Crippen LogP) is 1.90. The SMILES string of the molecule is CC(NS(=O)(=O)C(C)C(=O)O)c1ccccc1Br. The lowest BCUT2D eigenvalue weighted by Gasteiger charge is -2.17. The van der Waals surface area contributed by atoms with Crippen LogP contribution in [0.15, 0.2) is 28.7 Å². The van der Waals surface area contributed by atoms with E-state index >= 15 is 0 Å². The number of halogens is 1. The van der Waals surface area contributed by atoms with Gasteiger partial charge in [0.05, 0.1) is 0 Å². The summed E-state index contributed by atoms with van der Waals surface area (Å²) < 4.78 is 26.6. The molecule has 0 saturated carbocycles. The molecule has 0 aliphatic heterocycles. The van der Waals surface area contributed by atoms with E-state index in [0.29, 0.717) is 0 Å². The molecule has 18 heavy (non-hydrogen) atoms. The average molecular weight is 336 g/mol. The van der Waals surface area contributed by atoms with E-state index in [0.717, 1.165) is 17.0 Å². The predicted molar refractivity (Wildman–Crippen MR) is 71.7 cm³/mol. The average Bonchev–Trinajstić information content (AvgIpc) is 2.27. The number of hydrogen-bond acceptors (Lipinski definition) is 3. The van der Waals surface area contributed by atoms with Crippen molar-refractivity contribution in [2.45, 2.75) is 25.1 Å². The van der Waals surface area contributed by atoms with Crippen LogP contribution < -0.4 is 4.72 Å². The summed E-state index contributed by atoms with van der Waals surface area (Å²) in [6, 6.07) is 6.65.